The topological polar surface area (TPSA) is 76.3 Å². The average molecular weight is 410 g/mol. The van der Waals surface area contributed by atoms with E-state index < -0.39 is 0 Å². The number of hydrogen-bond donors (Lipinski definition) is 1. The number of aryl methyl sites for hydroxylation is 1. The van der Waals surface area contributed by atoms with Crippen LogP contribution in [0.15, 0.2) is 28.3 Å². The monoisotopic (exact) mass is 409 g/mol. The van der Waals surface area contributed by atoms with E-state index in [4.69, 9.17) is 9.40 Å². The summed E-state index contributed by atoms with van der Waals surface area (Å²) in [7, 11) is 0. The number of likely N-dealkylation sites (N-methyl/N-ethyl adjacent to an activating group) is 1. The van der Waals surface area contributed by atoms with Crippen molar-refractivity contribution in [1.29, 1.82) is 5.26 Å². The van der Waals surface area contributed by atoms with E-state index in [0.29, 0.717) is 41.2 Å². The molecule has 6 nitrogen and oxygen atoms in total. The number of phenols is 1. The summed E-state index contributed by atoms with van der Waals surface area (Å²) in [5, 5.41) is 21.2. The van der Waals surface area contributed by atoms with Crippen LogP contribution in [-0.4, -0.2) is 41.2 Å². The van der Waals surface area contributed by atoms with Gasteiger partial charge in [-0.15, -0.1) is 0 Å². The van der Waals surface area contributed by atoms with E-state index in [9.17, 15) is 10.4 Å². The molecule has 0 unspecified atom stereocenters. The van der Waals surface area contributed by atoms with Gasteiger partial charge in [0.1, 0.15) is 36.3 Å². The Labute approximate surface area is 179 Å². The molecule has 30 heavy (non-hydrogen) atoms. The van der Waals surface area contributed by atoms with Crippen molar-refractivity contribution in [2.45, 2.75) is 48.0 Å². The maximum atomic E-state index is 10.8. The van der Waals surface area contributed by atoms with E-state index >= 15 is 0 Å². The van der Waals surface area contributed by atoms with Gasteiger partial charge in [0.25, 0.3) is 0 Å². The molecule has 0 fully saturated rings. The molecule has 2 rings (SSSR count). The van der Waals surface area contributed by atoms with Gasteiger partial charge in [0, 0.05) is 24.9 Å². The Kier molecular flexibility index (Phi) is 7.82. The number of aromatic nitrogens is 1. The highest BCUT2D eigenvalue weighted by Crippen LogP contribution is 2.32. The van der Waals surface area contributed by atoms with Gasteiger partial charge in [-0.2, -0.15) is 5.26 Å². The molecule has 6 heteroatoms. The molecule has 0 saturated heterocycles. The number of rotatable bonds is 8. The first-order chi connectivity index (χ1) is 14.4. The SMILES string of the molecule is C=C(/C(=C\c1nc2c(C#N)cc(=[N+](CC)CC)c(O)c-2oc1C)CC)N(CC)CC. The van der Waals surface area contributed by atoms with Gasteiger partial charge in [-0.05, 0) is 52.7 Å². The second-order valence-corrected chi connectivity index (χ2v) is 7.05. The minimum absolute atomic E-state index is 0.0158. The van der Waals surface area contributed by atoms with Gasteiger partial charge >= 0.3 is 0 Å². The van der Waals surface area contributed by atoms with Crippen molar-refractivity contribution in [3.8, 4) is 23.3 Å². The van der Waals surface area contributed by atoms with Crippen LogP contribution < -0.4 is 9.93 Å². The Hall–Kier alpha value is -3.07. The van der Waals surface area contributed by atoms with Crippen LogP contribution in [0, 0.1) is 18.3 Å². The predicted octanol–water partition coefficient (Wildman–Crippen LogP) is 4.13. The molecule has 0 amide bonds. The van der Waals surface area contributed by atoms with Crippen LogP contribution in [0.5, 0.6) is 5.75 Å². The number of hydrogen-bond acceptors (Lipinski definition) is 5. The van der Waals surface area contributed by atoms with Crippen molar-refractivity contribution in [2.75, 3.05) is 26.2 Å². The van der Waals surface area contributed by atoms with E-state index in [0.717, 1.165) is 30.8 Å². The molecular weight excluding hydrogens is 376 g/mol. The molecule has 0 saturated carbocycles. The summed E-state index contributed by atoms with van der Waals surface area (Å²) in [5.74, 6) is 0.838. The first kappa shape index (κ1) is 23.2. The molecule has 0 spiro atoms. The van der Waals surface area contributed by atoms with Crippen LogP contribution in [0.1, 0.15) is 58.1 Å². The van der Waals surface area contributed by atoms with Gasteiger partial charge in [0.2, 0.25) is 16.9 Å². The smallest absolute Gasteiger partial charge is 0.247 e. The van der Waals surface area contributed by atoms with Crippen molar-refractivity contribution in [3.05, 3.63) is 46.3 Å². The number of nitrogens with zero attached hydrogens (tertiary/aromatic N) is 4. The zero-order chi connectivity index (χ0) is 22.4. The van der Waals surface area contributed by atoms with Gasteiger partial charge in [-0.25, -0.2) is 9.56 Å². The fourth-order valence-electron chi connectivity index (χ4n) is 3.62. The molecule has 0 bridgehead atoms. The third-order valence-corrected chi connectivity index (χ3v) is 5.49. The molecule has 1 N–H and O–H groups in total. The molecule has 2 aliphatic rings. The molecule has 1 aliphatic carbocycles. The van der Waals surface area contributed by atoms with Crippen LogP contribution in [-0.2, 0) is 0 Å². The number of fused-ring (bicyclic) bond motifs is 1. The first-order valence-electron chi connectivity index (χ1n) is 10.7. The highest BCUT2D eigenvalue weighted by atomic mass is 16.4. The van der Waals surface area contributed by atoms with Crippen molar-refractivity contribution in [2.24, 2.45) is 0 Å². The van der Waals surface area contributed by atoms with Crippen molar-refractivity contribution in [3.63, 3.8) is 0 Å². The fourth-order valence-corrected chi connectivity index (χ4v) is 3.62. The summed E-state index contributed by atoms with van der Waals surface area (Å²) >= 11 is 0. The first-order valence-corrected chi connectivity index (χ1v) is 10.7. The summed E-state index contributed by atoms with van der Waals surface area (Å²) in [6.07, 6.45) is 2.77. The molecule has 0 aromatic heterocycles. The summed E-state index contributed by atoms with van der Waals surface area (Å²) in [4.78, 5) is 6.91. The molecule has 160 valence electrons. The molecule has 0 radical (unpaired) electrons. The van der Waals surface area contributed by atoms with Crippen LogP contribution in [0.2, 0.25) is 0 Å². The van der Waals surface area contributed by atoms with E-state index in [1.807, 2.05) is 31.4 Å². The molecule has 0 atom stereocenters. The summed E-state index contributed by atoms with van der Waals surface area (Å²) in [6, 6.07) is 3.89. The Morgan fingerprint density at radius 1 is 1.27 bits per heavy atom. The molecule has 0 aromatic carbocycles. The van der Waals surface area contributed by atoms with Crippen molar-refractivity contribution >= 4 is 6.08 Å². The Morgan fingerprint density at radius 3 is 2.40 bits per heavy atom. The normalized spacial score (nSPS) is 11.4. The minimum atomic E-state index is 0.0158. The highest BCUT2D eigenvalue weighted by molar-refractivity contribution is 5.71. The van der Waals surface area contributed by atoms with E-state index in [1.54, 1.807) is 6.07 Å². The van der Waals surface area contributed by atoms with Crippen LogP contribution in [0.25, 0.3) is 17.5 Å². The highest BCUT2D eigenvalue weighted by Gasteiger charge is 2.24. The molecule has 1 aliphatic heterocycles. The minimum Gasteiger partial charge on any atom is -0.500 e. The standard InChI is InChI=1S/C24H32N4O2/c1-8-18(16(6)27(9-2)10-3)13-20-17(7)30-24-22(26-20)19(15-25)14-21(23(24)29)28(11-4)12-5/h13-14H,6,8-12H2,1-5,7H3/p+1/b18-13-. The lowest BCUT2D eigenvalue weighted by atomic mass is 10.1. The fraction of sp³-hybridized carbons (Fsp3) is 0.458. The van der Waals surface area contributed by atoms with Gasteiger partial charge in [0.15, 0.2) is 0 Å². The Morgan fingerprint density at radius 2 is 1.90 bits per heavy atom. The average Bonchev–Trinajstić information content (AvgIpc) is 2.75. The molecule has 0 aromatic rings. The Balaban J connectivity index is 2.78. The van der Waals surface area contributed by atoms with Crippen molar-refractivity contribution < 1.29 is 9.52 Å². The maximum Gasteiger partial charge on any atom is 0.247 e. The number of nitriles is 1. The van der Waals surface area contributed by atoms with Crippen LogP contribution in [0.4, 0.5) is 0 Å². The van der Waals surface area contributed by atoms with Gasteiger partial charge in [-0.1, -0.05) is 13.5 Å². The Bertz CT molecular complexity index is 1030. The lowest BCUT2D eigenvalue weighted by molar-refractivity contribution is 0.389. The summed E-state index contributed by atoms with van der Waals surface area (Å²) < 4.78 is 7.99. The van der Waals surface area contributed by atoms with Gasteiger partial charge in [-0.3, -0.25) is 0 Å². The molecule has 1 heterocycles. The second-order valence-electron chi connectivity index (χ2n) is 7.05. The number of allylic oxidation sites excluding steroid dienone is 1. The summed E-state index contributed by atoms with van der Waals surface area (Å²) in [6.45, 7) is 19.5. The number of phenolic OH excluding ortho intramolecular Hbond substituents is 1. The van der Waals surface area contributed by atoms with E-state index in [-0.39, 0.29) is 11.5 Å². The number of benzene rings is 1. The second kappa shape index (κ2) is 10.1. The largest absolute Gasteiger partial charge is 0.500 e. The maximum absolute atomic E-state index is 10.8. The zero-order valence-corrected chi connectivity index (χ0v) is 19.0. The van der Waals surface area contributed by atoms with E-state index in [1.165, 1.54) is 0 Å². The number of aromatic hydroxyl groups is 1. The van der Waals surface area contributed by atoms with Crippen molar-refractivity contribution in [1.82, 2.24) is 14.5 Å². The summed E-state index contributed by atoms with van der Waals surface area (Å²) in [5.41, 5.74) is 3.41. The lowest BCUT2D eigenvalue weighted by Crippen LogP contribution is -2.30. The van der Waals surface area contributed by atoms with Gasteiger partial charge < -0.3 is 14.4 Å². The van der Waals surface area contributed by atoms with Gasteiger partial charge in [0.05, 0.1) is 5.56 Å². The quantitative estimate of drug-likeness (QED) is 0.524. The van der Waals surface area contributed by atoms with Crippen LogP contribution >= 0.6 is 0 Å². The van der Waals surface area contributed by atoms with Crippen LogP contribution in [0.3, 0.4) is 0 Å². The third-order valence-electron chi connectivity index (χ3n) is 5.49. The predicted molar refractivity (Wildman–Crippen MR) is 121 cm³/mol. The molecular formula is C24H33N4O2+. The third kappa shape index (κ3) is 4.40. The lowest BCUT2D eigenvalue weighted by Gasteiger charge is -2.25. The zero-order valence-electron chi connectivity index (χ0n) is 19.0. The van der Waals surface area contributed by atoms with E-state index in [2.05, 4.69) is 38.3 Å².